The Morgan fingerprint density at radius 3 is 2.74 bits per heavy atom. The molecule has 158 valence electrons. The SMILES string of the molecule is COc1ccc(-c2nnc(SCC(=O)Nc3cc(Cl)ccc3-n3cncn3)n2N)cc1. The second-order valence-corrected chi connectivity index (χ2v) is 7.62. The highest BCUT2D eigenvalue weighted by atomic mass is 35.5. The maximum absolute atomic E-state index is 12.5. The van der Waals surface area contributed by atoms with Gasteiger partial charge in [0.2, 0.25) is 11.1 Å². The van der Waals surface area contributed by atoms with Crippen molar-refractivity contribution in [3.05, 3.63) is 60.1 Å². The van der Waals surface area contributed by atoms with Gasteiger partial charge in [0.15, 0.2) is 5.82 Å². The number of amides is 1. The number of hydrogen-bond acceptors (Lipinski definition) is 8. The van der Waals surface area contributed by atoms with E-state index in [1.807, 2.05) is 24.3 Å². The molecule has 1 amide bonds. The minimum atomic E-state index is -0.261. The van der Waals surface area contributed by atoms with Crippen LogP contribution in [-0.4, -0.2) is 48.4 Å². The molecule has 0 aliphatic carbocycles. The van der Waals surface area contributed by atoms with E-state index < -0.39 is 0 Å². The topological polar surface area (TPSA) is 126 Å². The first kappa shape index (κ1) is 20.7. The van der Waals surface area contributed by atoms with Crippen LogP contribution in [0.2, 0.25) is 5.02 Å². The van der Waals surface area contributed by atoms with E-state index in [-0.39, 0.29) is 11.7 Å². The molecule has 0 radical (unpaired) electrons. The molecule has 0 bridgehead atoms. The molecule has 12 heteroatoms. The Morgan fingerprint density at radius 2 is 2.03 bits per heavy atom. The molecule has 4 rings (SSSR count). The average molecular weight is 457 g/mol. The van der Waals surface area contributed by atoms with Crippen molar-refractivity contribution in [1.29, 1.82) is 0 Å². The number of nitrogens with one attached hydrogen (secondary N) is 1. The van der Waals surface area contributed by atoms with E-state index >= 15 is 0 Å². The first-order valence-electron chi connectivity index (χ1n) is 8.97. The number of anilines is 1. The fourth-order valence-electron chi connectivity index (χ4n) is 2.77. The van der Waals surface area contributed by atoms with Crippen molar-refractivity contribution in [1.82, 2.24) is 29.6 Å². The van der Waals surface area contributed by atoms with E-state index in [4.69, 9.17) is 22.2 Å². The van der Waals surface area contributed by atoms with E-state index in [2.05, 4.69) is 25.6 Å². The highest BCUT2D eigenvalue weighted by Gasteiger charge is 2.15. The molecule has 0 aliphatic rings. The predicted molar refractivity (Wildman–Crippen MR) is 118 cm³/mol. The fourth-order valence-corrected chi connectivity index (χ4v) is 3.60. The van der Waals surface area contributed by atoms with E-state index in [1.165, 1.54) is 22.0 Å². The predicted octanol–water partition coefficient (Wildman–Crippen LogP) is 2.63. The summed E-state index contributed by atoms with van der Waals surface area (Å²) in [5.41, 5.74) is 1.93. The molecule has 0 saturated heterocycles. The van der Waals surface area contributed by atoms with Gasteiger partial charge >= 0.3 is 0 Å². The molecule has 2 aromatic heterocycles. The van der Waals surface area contributed by atoms with Crippen molar-refractivity contribution in [3.8, 4) is 22.8 Å². The standard InChI is InChI=1S/C19H17ClN8O2S/c1-30-14-5-2-12(3-6-14)18-25-26-19(28(18)21)31-9-17(29)24-15-8-13(20)4-7-16(15)27-11-22-10-23-27/h2-8,10-11H,9,21H2,1H3,(H,24,29). The molecule has 0 atom stereocenters. The van der Waals surface area contributed by atoms with Crippen LogP contribution in [0.15, 0.2) is 60.3 Å². The van der Waals surface area contributed by atoms with Crippen molar-refractivity contribution < 1.29 is 9.53 Å². The van der Waals surface area contributed by atoms with E-state index in [0.717, 1.165) is 23.1 Å². The van der Waals surface area contributed by atoms with Gasteiger partial charge in [-0.25, -0.2) is 14.3 Å². The molecular weight excluding hydrogens is 440 g/mol. The molecule has 0 unspecified atom stereocenters. The minimum Gasteiger partial charge on any atom is -0.497 e. The second kappa shape index (κ2) is 9.06. The Balaban J connectivity index is 1.44. The van der Waals surface area contributed by atoms with Gasteiger partial charge in [0.05, 0.1) is 24.2 Å². The van der Waals surface area contributed by atoms with Gasteiger partial charge in [-0.05, 0) is 42.5 Å². The molecule has 31 heavy (non-hydrogen) atoms. The number of rotatable bonds is 7. The smallest absolute Gasteiger partial charge is 0.234 e. The summed E-state index contributed by atoms with van der Waals surface area (Å²) >= 11 is 7.25. The Morgan fingerprint density at radius 1 is 1.23 bits per heavy atom. The van der Waals surface area contributed by atoms with Crippen LogP contribution in [0.5, 0.6) is 5.75 Å². The Kier molecular flexibility index (Phi) is 6.05. The summed E-state index contributed by atoms with van der Waals surface area (Å²) in [6.45, 7) is 0. The lowest BCUT2D eigenvalue weighted by Gasteiger charge is -2.11. The van der Waals surface area contributed by atoms with E-state index in [0.29, 0.717) is 27.4 Å². The first-order valence-corrected chi connectivity index (χ1v) is 10.3. The van der Waals surface area contributed by atoms with Gasteiger partial charge in [0.25, 0.3) is 0 Å². The normalized spacial score (nSPS) is 10.8. The molecular formula is C19H17ClN8O2S. The van der Waals surface area contributed by atoms with Gasteiger partial charge < -0.3 is 15.9 Å². The first-order chi connectivity index (χ1) is 15.0. The number of thioether (sulfide) groups is 1. The fraction of sp³-hybridized carbons (Fsp3) is 0.105. The molecule has 2 aromatic carbocycles. The van der Waals surface area contributed by atoms with Crippen LogP contribution in [0.3, 0.4) is 0 Å². The minimum absolute atomic E-state index is 0.0707. The number of nitrogen functional groups attached to an aromatic ring is 1. The van der Waals surface area contributed by atoms with Gasteiger partial charge in [-0.15, -0.1) is 10.2 Å². The maximum Gasteiger partial charge on any atom is 0.234 e. The van der Waals surface area contributed by atoms with Crippen LogP contribution in [0.25, 0.3) is 17.1 Å². The molecule has 0 fully saturated rings. The summed E-state index contributed by atoms with van der Waals surface area (Å²) in [6.07, 6.45) is 2.94. The molecule has 0 saturated carbocycles. The number of ether oxygens (including phenoxy) is 1. The van der Waals surface area contributed by atoms with Crippen LogP contribution in [0, 0.1) is 0 Å². The molecule has 2 heterocycles. The average Bonchev–Trinajstić information content (AvgIpc) is 3.43. The van der Waals surface area contributed by atoms with Crippen LogP contribution < -0.4 is 15.9 Å². The van der Waals surface area contributed by atoms with Gasteiger partial charge in [-0.2, -0.15) is 5.10 Å². The zero-order valence-electron chi connectivity index (χ0n) is 16.3. The Hall–Kier alpha value is -3.57. The third-order valence-corrected chi connectivity index (χ3v) is 5.42. The number of carbonyl (C=O) groups excluding carboxylic acids is 1. The molecule has 4 aromatic rings. The highest BCUT2D eigenvalue weighted by molar-refractivity contribution is 7.99. The van der Waals surface area contributed by atoms with Crippen LogP contribution >= 0.6 is 23.4 Å². The van der Waals surface area contributed by atoms with Crippen molar-refractivity contribution in [2.75, 3.05) is 24.0 Å². The summed E-state index contributed by atoms with van der Waals surface area (Å²) in [7, 11) is 1.60. The summed E-state index contributed by atoms with van der Waals surface area (Å²) in [5, 5.41) is 16.0. The lowest BCUT2D eigenvalue weighted by atomic mass is 10.2. The van der Waals surface area contributed by atoms with Crippen molar-refractivity contribution >= 4 is 35.0 Å². The van der Waals surface area contributed by atoms with E-state index in [1.54, 1.807) is 25.3 Å². The van der Waals surface area contributed by atoms with Crippen molar-refractivity contribution in [2.24, 2.45) is 0 Å². The summed E-state index contributed by atoms with van der Waals surface area (Å²) < 4.78 is 8.04. The molecule has 10 nitrogen and oxygen atoms in total. The lowest BCUT2D eigenvalue weighted by molar-refractivity contribution is -0.113. The second-order valence-electron chi connectivity index (χ2n) is 6.24. The van der Waals surface area contributed by atoms with E-state index in [9.17, 15) is 4.79 Å². The van der Waals surface area contributed by atoms with Gasteiger partial charge in [0, 0.05) is 10.6 Å². The van der Waals surface area contributed by atoms with Crippen molar-refractivity contribution in [2.45, 2.75) is 5.16 Å². The third-order valence-electron chi connectivity index (χ3n) is 4.24. The Bertz CT molecular complexity index is 1190. The number of hydrogen-bond donors (Lipinski definition) is 2. The zero-order valence-corrected chi connectivity index (χ0v) is 17.8. The quantitative estimate of drug-likeness (QED) is 0.321. The van der Waals surface area contributed by atoms with Crippen LogP contribution in [0.1, 0.15) is 0 Å². The number of benzene rings is 2. The third kappa shape index (κ3) is 4.62. The maximum atomic E-state index is 12.5. The summed E-state index contributed by atoms with van der Waals surface area (Å²) in [4.78, 5) is 16.5. The monoisotopic (exact) mass is 456 g/mol. The number of aromatic nitrogens is 6. The number of halogens is 1. The van der Waals surface area contributed by atoms with Crippen LogP contribution in [-0.2, 0) is 4.79 Å². The van der Waals surface area contributed by atoms with Gasteiger partial charge in [0.1, 0.15) is 18.4 Å². The largest absolute Gasteiger partial charge is 0.497 e. The highest BCUT2D eigenvalue weighted by Crippen LogP contribution is 2.26. The van der Waals surface area contributed by atoms with Gasteiger partial charge in [-0.3, -0.25) is 4.79 Å². The number of nitrogens with two attached hydrogens (primary N) is 1. The Labute approximate surface area is 186 Å². The molecule has 3 N–H and O–H groups in total. The van der Waals surface area contributed by atoms with Crippen molar-refractivity contribution in [3.63, 3.8) is 0 Å². The number of methoxy groups -OCH3 is 1. The number of carbonyl (C=O) groups is 1. The summed E-state index contributed by atoms with van der Waals surface area (Å²) in [6, 6.07) is 12.4. The molecule has 0 aliphatic heterocycles. The van der Waals surface area contributed by atoms with Gasteiger partial charge in [-0.1, -0.05) is 23.4 Å². The number of nitrogens with zero attached hydrogens (tertiary/aromatic N) is 6. The summed E-state index contributed by atoms with van der Waals surface area (Å²) in [5.74, 6) is 7.14. The van der Waals surface area contributed by atoms with Crippen LogP contribution in [0.4, 0.5) is 5.69 Å². The molecule has 0 spiro atoms. The zero-order chi connectivity index (χ0) is 21.8. The lowest BCUT2D eigenvalue weighted by Crippen LogP contribution is -2.17.